The van der Waals surface area contributed by atoms with Crippen LogP contribution in [0.5, 0.6) is 5.75 Å². The number of thiazole rings is 1. The number of benzene rings is 2. The highest BCUT2D eigenvalue weighted by atomic mass is 32.2. The number of hydrogen-bond acceptors (Lipinski definition) is 7. The van der Waals surface area contributed by atoms with Gasteiger partial charge in [-0.05, 0) is 62.1 Å². The number of nitrogens with zero attached hydrogens (tertiary/aromatic N) is 4. The molecule has 2 heterocycles. The van der Waals surface area contributed by atoms with Gasteiger partial charge in [0, 0.05) is 18.0 Å². The Morgan fingerprint density at radius 3 is 2.71 bits per heavy atom. The molecule has 0 bridgehead atoms. The molecule has 0 saturated carbocycles. The van der Waals surface area contributed by atoms with Crippen LogP contribution in [0.4, 0.5) is 5.13 Å². The fourth-order valence-corrected chi connectivity index (χ4v) is 4.74. The summed E-state index contributed by atoms with van der Waals surface area (Å²) >= 11 is 2.74. The lowest BCUT2D eigenvalue weighted by molar-refractivity contribution is -0.113. The topological polar surface area (TPSA) is 81.9 Å². The molecule has 4 rings (SSSR count). The Hall–Kier alpha value is -3.17. The quantitative estimate of drug-likeness (QED) is 0.327. The number of carbonyl (C=O) groups excluding carboxylic acids is 1. The van der Waals surface area contributed by atoms with Crippen LogP contribution in [0.1, 0.15) is 28.1 Å². The molecule has 0 fully saturated rings. The smallest absolute Gasteiger partial charge is 0.236 e. The SMILES string of the molecule is Cc1ccc(-c2csc(NC(=O)CSc3nnc(COc4cccc(C)c4C)n3C)n2)cc1C. The minimum absolute atomic E-state index is 0.137. The zero-order valence-electron chi connectivity index (χ0n) is 19.9. The van der Waals surface area contributed by atoms with Gasteiger partial charge in [-0.1, -0.05) is 36.0 Å². The number of hydrogen-bond donors (Lipinski definition) is 1. The molecule has 0 unspecified atom stereocenters. The number of aromatic nitrogens is 4. The molecule has 34 heavy (non-hydrogen) atoms. The molecule has 9 heteroatoms. The van der Waals surface area contributed by atoms with E-state index in [2.05, 4.69) is 65.5 Å². The van der Waals surface area contributed by atoms with Crippen LogP contribution in [-0.2, 0) is 18.4 Å². The summed E-state index contributed by atoms with van der Waals surface area (Å²) in [5.74, 6) is 1.60. The first kappa shape index (κ1) is 24.0. The lowest BCUT2D eigenvalue weighted by atomic mass is 10.1. The Kier molecular flexibility index (Phi) is 7.33. The maximum Gasteiger partial charge on any atom is 0.236 e. The van der Waals surface area contributed by atoms with E-state index >= 15 is 0 Å². The molecular formula is C25H27N5O2S2. The van der Waals surface area contributed by atoms with Gasteiger partial charge in [-0.2, -0.15) is 0 Å². The van der Waals surface area contributed by atoms with E-state index in [9.17, 15) is 4.79 Å². The normalized spacial score (nSPS) is 11.0. The number of carbonyl (C=O) groups is 1. The van der Waals surface area contributed by atoms with E-state index in [0.29, 0.717) is 22.7 Å². The Balaban J connectivity index is 1.31. The monoisotopic (exact) mass is 493 g/mol. The van der Waals surface area contributed by atoms with Gasteiger partial charge in [-0.3, -0.25) is 4.79 Å². The van der Waals surface area contributed by atoms with Crippen LogP contribution in [-0.4, -0.2) is 31.4 Å². The summed E-state index contributed by atoms with van der Waals surface area (Å²) in [6.45, 7) is 8.57. The highest BCUT2D eigenvalue weighted by molar-refractivity contribution is 7.99. The van der Waals surface area contributed by atoms with E-state index in [1.807, 2.05) is 36.1 Å². The number of amides is 1. The lowest BCUT2D eigenvalue weighted by Crippen LogP contribution is -2.14. The van der Waals surface area contributed by atoms with Crippen molar-refractivity contribution in [3.8, 4) is 17.0 Å². The zero-order chi connectivity index (χ0) is 24.2. The summed E-state index contributed by atoms with van der Waals surface area (Å²) in [6, 6.07) is 12.2. The van der Waals surface area contributed by atoms with Crippen molar-refractivity contribution in [1.82, 2.24) is 19.7 Å². The first-order valence-electron chi connectivity index (χ1n) is 10.8. The summed E-state index contributed by atoms with van der Waals surface area (Å²) in [6.07, 6.45) is 0. The van der Waals surface area contributed by atoms with Crippen molar-refractivity contribution < 1.29 is 9.53 Å². The number of aryl methyl sites for hydroxylation is 3. The maximum absolute atomic E-state index is 12.5. The molecule has 1 amide bonds. The van der Waals surface area contributed by atoms with Gasteiger partial charge in [0.1, 0.15) is 12.4 Å². The standard InChI is InChI=1S/C25H27N5O2S2/c1-15-9-10-19(11-17(15)3)20-13-33-24(26-20)27-23(31)14-34-25-29-28-22(30(25)5)12-32-21-8-6-7-16(2)18(21)4/h6-11,13H,12,14H2,1-5H3,(H,26,27,31). The molecule has 1 N–H and O–H groups in total. The number of rotatable bonds is 8. The molecule has 0 spiro atoms. The maximum atomic E-state index is 12.5. The highest BCUT2D eigenvalue weighted by Crippen LogP contribution is 2.27. The fourth-order valence-electron chi connectivity index (χ4n) is 3.27. The van der Waals surface area contributed by atoms with Crippen LogP contribution < -0.4 is 10.1 Å². The molecule has 176 valence electrons. The lowest BCUT2D eigenvalue weighted by Gasteiger charge is -2.10. The van der Waals surface area contributed by atoms with Gasteiger partial charge < -0.3 is 14.6 Å². The van der Waals surface area contributed by atoms with Crippen LogP contribution >= 0.6 is 23.1 Å². The van der Waals surface area contributed by atoms with Crippen LogP contribution in [0, 0.1) is 27.7 Å². The second-order valence-electron chi connectivity index (χ2n) is 8.12. The summed E-state index contributed by atoms with van der Waals surface area (Å²) in [5, 5.41) is 14.5. The van der Waals surface area contributed by atoms with Gasteiger partial charge in [0.15, 0.2) is 16.1 Å². The molecule has 2 aromatic heterocycles. The van der Waals surface area contributed by atoms with Crippen molar-refractivity contribution in [3.05, 3.63) is 69.9 Å². The van der Waals surface area contributed by atoms with Crippen molar-refractivity contribution in [2.45, 2.75) is 39.5 Å². The predicted molar refractivity (Wildman–Crippen MR) is 138 cm³/mol. The van der Waals surface area contributed by atoms with E-state index in [-0.39, 0.29) is 11.7 Å². The Morgan fingerprint density at radius 1 is 1.09 bits per heavy atom. The molecule has 7 nitrogen and oxygen atoms in total. The van der Waals surface area contributed by atoms with Crippen molar-refractivity contribution in [1.29, 1.82) is 0 Å². The fraction of sp³-hybridized carbons (Fsp3) is 0.280. The third-order valence-corrected chi connectivity index (χ3v) is 7.50. The second-order valence-corrected chi connectivity index (χ2v) is 9.92. The van der Waals surface area contributed by atoms with E-state index < -0.39 is 0 Å². The number of thioether (sulfide) groups is 1. The number of anilines is 1. The van der Waals surface area contributed by atoms with E-state index in [4.69, 9.17) is 4.74 Å². The van der Waals surface area contributed by atoms with E-state index in [1.165, 1.54) is 39.8 Å². The predicted octanol–water partition coefficient (Wildman–Crippen LogP) is 5.48. The first-order chi connectivity index (χ1) is 16.3. The van der Waals surface area contributed by atoms with Crippen LogP contribution in [0.2, 0.25) is 0 Å². The minimum Gasteiger partial charge on any atom is -0.485 e. The van der Waals surface area contributed by atoms with Gasteiger partial charge in [0.25, 0.3) is 0 Å². The molecule has 0 aliphatic heterocycles. The van der Waals surface area contributed by atoms with Crippen molar-refractivity contribution in [2.75, 3.05) is 11.1 Å². The molecule has 0 atom stereocenters. The third-order valence-electron chi connectivity index (χ3n) is 5.72. The Bertz CT molecular complexity index is 1330. The molecule has 0 radical (unpaired) electrons. The van der Waals surface area contributed by atoms with E-state index in [1.54, 1.807) is 0 Å². The number of ether oxygens (including phenoxy) is 1. The summed E-state index contributed by atoms with van der Waals surface area (Å²) < 4.78 is 7.79. The largest absolute Gasteiger partial charge is 0.485 e. The molecular weight excluding hydrogens is 466 g/mol. The van der Waals surface area contributed by atoms with Gasteiger partial charge in [-0.15, -0.1) is 21.5 Å². The molecule has 2 aromatic carbocycles. The molecule has 4 aromatic rings. The summed E-state index contributed by atoms with van der Waals surface area (Å²) in [4.78, 5) is 17.0. The van der Waals surface area contributed by atoms with Crippen LogP contribution in [0.3, 0.4) is 0 Å². The van der Waals surface area contributed by atoms with Crippen LogP contribution in [0.15, 0.2) is 46.9 Å². The Labute approximate surface area is 207 Å². The first-order valence-corrected chi connectivity index (χ1v) is 12.7. The third kappa shape index (κ3) is 5.48. The summed E-state index contributed by atoms with van der Waals surface area (Å²) in [7, 11) is 1.87. The minimum atomic E-state index is -0.137. The Morgan fingerprint density at radius 2 is 1.91 bits per heavy atom. The summed E-state index contributed by atoms with van der Waals surface area (Å²) in [5.41, 5.74) is 6.66. The van der Waals surface area contributed by atoms with E-state index in [0.717, 1.165) is 22.6 Å². The number of nitrogens with one attached hydrogen (secondary N) is 1. The second kappa shape index (κ2) is 10.4. The van der Waals surface area contributed by atoms with Gasteiger partial charge in [0.05, 0.1) is 11.4 Å². The van der Waals surface area contributed by atoms with Crippen LogP contribution in [0.25, 0.3) is 11.3 Å². The van der Waals surface area contributed by atoms with Crippen molar-refractivity contribution in [2.24, 2.45) is 7.05 Å². The van der Waals surface area contributed by atoms with Gasteiger partial charge >= 0.3 is 0 Å². The molecule has 0 aliphatic rings. The van der Waals surface area contributed by atoms with Crippen molar-refractivity contribution in [3.63, 3.8) is 0 Å². The van der Waals surface area contributed by atoms with Gasteiger partial charge in [-0.25, -0.2) is 4.98 Å². The molecule has 0 aliphatic carbocycles. The molecule has 0 saturated heterocycles. The van der Waals surface area contributed by atoms with Gasteiger partial charge in [0.2, 0.25) is 5.91 Å². The average Bonchev–Trinajstić information content (AvgIpc) is 3.42. The average molecular weight is 494 g/mol. The van der Waals surface area contributed by atoms with Crippen molar-refractivity contribution >= 4 is 34.1 Å². The zero-order valence-corrected chi connectivity index (χ0v) is 21.5. The highest BCUT2D eigenvalue weighted by Gasteiger charge is 2.14.